The average Bonchev–Trinajstić information content (AvgIpc) is 2.03. The van der Waals surface area contributed by atoms with Crippen molar-refractivity contribution in [3.05, 3.63) is 25.6 Å². The first-order valence-corrected chi connectivity index (χ1v) is 5.52. The van der Waals surface area contributed by atoms with Gasteiger partial charge in [-0.3, -0.25) is 0 Å². The summed E-state index contributed by atoms with van der Waals surface area (Å²) in [7, 11) is 0. The Kier molecular flexibility index (Phi) is 6.03. The molecule has 0 heterocycles. The molecule has 1 atom stereocenters. The molecule has 3 heteroatoms. The summed E-state index contributed by atoms with van der Waals surface area (Å²) in [6, 6.07) is 0. The summed E-state index contributed by atoms with van der Waals surface area (Å²) < 4.78 is 0.358. The first kappa shape index (κ1) is 12.7. The van der Waals surface area contributed by atoms with Gasteiger partial charge < -0.3 is 4.90 Å². The SMILES string of the molecule is C=CN=C(C(C)C)N(C=C)C(C)I. The van der Waals surface area contributed by atoms with Gasteiger partial charge in [0.05, 0.1) is 4.05 Å². The third-order valence-electron chi connectivity index (χ3n) is 1.58. The number of halogens is 1. The van der Waals surface area contributed by atoms with Gasteiger partial charge in [0.1, 0.15) is 5.84 Å². The molecule has 0 bridgehead atoms. The predicted molar refractivity (Wildman–Crippen MR) is 68.0 cm³/mol. The second-order valence-corrected chi connectivity index (χ2v) is 4.79. The number of amidine groups is 1. The predicted octanol–water partition coefficient (Wildman–Crippen LogP) is 3.41. The molecular formula is C10H17IN2. The minimum Gasteiger partial charge on any atom is -0.325 e. The van der Waals surface area contributed by atoms with E-state index >= 15 is 0 Å². The van der Waals surface area contributed by atoms with Crippen molar-refractivity contribution in [2.24, 2.45) is 10.9 Å². The molecule has 0 aromatic heterocycles. The van der Waals surface area contributed by atoms with Gasteiger partial charge in [-0.1, -0.05) is 49.6 Å². The lowest BCUT2D eigenvalue weighted by Gasteiger charge is -2.26. The van der Waals surface area contributed by atoms with Crippen molar-refractivity contribution in [1.29, 1.82) is 0 Å². The van der Waals surface area contributed by atoms with Crippen molar-refractivity contribution in [1.82, 2.24) is 4.90 Å². The molecule has 0 aliphatic carbocycles. The summed E-state index contributed by atoms with van der Waals surface area (Å²) in [4.78, 5) is 6.30. The molecule has 0 aliphatic rings. The van der Waals surface area contributed by atoms with E-state index in [2.05, 4.69) is 61.5 Å². The van der Waals surface area contributed by atoms with E-state index in [-0.39, 0.29) is 0 Å². The molecule has 0 amide bonds. The van der Waals surface area contributed by atoms with Crippen LogP contribution in [0.2, 0.25) is 0 Å². The van der Waals surface area contributed by atoms with E-state index in [1.807, 2.05) is 4.90 Å². The number of hydrogen-bond acceptors (Lipinski definition) is 1. The summed E-state index contributed by atoms with van der Waals surface area (Å²) in [6.45, 7) is 13.7. The fourth-order valence-corrected chi connectivity index (χ4v) is 1.54. The highest BCUT2D eigenvalue weighted by molar-refractivity contribution is 14.1. The minimum absolute atomic E-state index is 0.358. The van der Waals surface area contributed by atoms with E-state index in [1.54, 1.807) is 12.4 Å². The topological polar surface area (TPSA) is 15.6 Å². The van der Waals surface area contributed by atoms with Gasteiger partial charge >= 0.3 is 0 Å². The monoisotopic (exact) mass is 292 g/mol. The van der Waals surface area contributed by atoms with Crippen LogP contribution in [-0.4, -0.2) is 14.8 Å². The lowest BCUT2D eigenvalue weighted by molar-refractivity contribution is 0.534. The molecule has 1 unspecified atom stereocenters. The van der Waals surface area contributed by atoms with Gasteiger partial charge in [-0.2, -0.15) is 0 Å². The molecule has 0 fully saturated rings. The van der Waals surface area contributed by atoms with Crippen molar-refractivity contribution in [2.45, 2.75) is 24.8 Å². The van der Waals surface area contributed by atoms with Crippen molar-refractivity contribution < 1.29 is 0 Å². The number of rotatable bonds is 4. The Morgan fingerprint density at radius 1 is 1.38 bits per heavy atom. The van der Waals surface area contributed by atoms with E-state index in [1.165, 1.54) is 0 Å². The van der Waals surface area contributed by atoms with Crippen LogP contribution in [0.3, 0.4) is 0 Å². The van der Waals surface area contributed by atoms with Crippen LogP contribution in [0.25, 0.3) is 0 Å². The number of alkyl halides is 1. The van der Waals surface area contributed by atoms with Gasteiger partial charge in [0, 0.05) is 12.1 Å². The van der Waals surface area contributed by atoms with Crippen LogP contribution < -0.4 is 0 Å². The largest absolute Gasteiger partial charge is 0.325 e. The van der Waals surface area contributed by atoms with Crippen LogP contribution in [0.4, 0.5) is 0 Å². The Balaban J connectivity index is 4.79. The van der Waals surface area contributed by atoms with Crippen molar-refractivity contribution >= 4 is 28.4 Å². The lowest BCUT2D eigenvalue weighted by Crippen LogP contribution is -2.33. The Labute approximate surface area is 94.6 Å². The fraction of sp³-hybridized carbons (Fsp3) is 0.500. The average molecular weight is 292 g/mol. The lowest BCUT2D eigenvalue weighted by atomic mass is 10.2. The maximum Gasteiger partial charge on any atom is 0.111 e. The van der Waals surface area contributed by atoms with Gasteiger partial charge in [0.15, 0.2) is 0 Å². The summed E-state index contributed by atoms with van der Waals surface area (Å²) in [5.74, 6) is 1.39. The maximum absolute atomic E-state index is 4.25. The third kappa shape index (κ3) is 3.93. The normalized spacial score (nSPS) is 14.1. The number of hydrogen-bond donors (Lipinski definition) is 0. The van der Waals surface area contributed by atoms with Crippen LogP contribution in [0.5, 0.6) is 0 Å². The standard InChI is InChI=1S/C10H17IN2/c1-6-12-10(8(3)4)13(7-2)9(5)11/h6-9H,1-2H2,3-5H3. The molecule has 0 rings (SSSR count). The highest BCUT2D eigenvalue weighted by Crippen LogP contribution is 2.13. The summed E-state index contributed by atoms with van der Waals surface area (Å²) in [5.41, 5.74) is 0. The zero-order chi connectivity index (χ0) is 10.4. The van der Waals surface area contributed by atoms with E-state index in [0.29, 0.717) is 9.97 Å². The maximum atomic E-state index is 4.25. The van der Waals surface area contributed by atoms with Gasteiger partial charge in [-0.05, 0) is 13.1 Å². The van der Waals surface area contributed by atoms with Gasteiger partial charge in [-0.25, -0.2) is 4.99 Å². The van der Waals surface area contributed by atoms with Gasteiger partial charge in [0.2, 0.25) is 0 Å². The molecule has 2 nitrogen and oxygen atoms in total. The molecule has 0 spiro atoms. The molecule has 0 aromatic rings. The molecule has 0 saturated heterocycles. The Morgan fingerprint density at radius 3 is 2.15 bits per heavy atom. The van der Waals surface area contributed by atoms with Gasteiger partial charge in [-0.15, -0.1) is 0 Å². The highest BCUT2D eigenvalue weighted by Gasteiger charge is 2.15. The minimum atomic E-state index is 0.358. The van der Waals surface area contributed by atoms with Gasteiger partial charge in [0.25, 0.3) is 0 Å². The van der Waals surface area contributed by atoms with E-state index in [4.69, 9.17) is 0 Å². The first-order chi connectivity index (χ1) is 6.04. The summed E-state index contributed by atoms with van der Waals surface area (Å²) >= 11 is 2.33. The summed E-state index contributed by atoms with van der Waals surface area (Å²) in [5, 5.41) is 0. The van der Waals surface area contributed by atoms with E-state index in [9.17, 15) is 0 Å². The van der Waals surface area contributed by atoms with Crippen LogP contribution in [0.1, 0.15) is 20.8 Å². The molecule has 13 heavy (non-hydrogen) atoms. The fourth-order valence-electron chi connectivity index (χ4n) is 1.03. The van der Waals surface area contributed by atoms with Crippen LogP contribution in [0, 0.1) is 5.92 Å². The second-order valence-electron chi connectivity index (χ2n) is 2.99. The molecule has 0 radical (unpaired) electrons. The third-order valence-corrected chi connectivity index (χ3v) is 2.18. The summed E-state index contributed by atoms with van der Waals surface area (Å²) in [6.07, 6.45) is 3.38. The zero-order valence-electron chi connectivity index (χ0n) is 8.50. The van der Waals surface area contributed by atoms with Crippen molar-refractivity contribution in [3.8, 4) is 0 Å². The molecule has 0 saturated carbocycles. The first-order valence-electron chi connectivity index (χ1n) is 4.28. The quantitative estimate of drug-likeness (QED) is 0.255. The van der Waals surface area contributed by atoms with Crippen LogP contribution in [-0.2, 0) is 0 Å². The molecule has 0 aliphatic heterocycles. The number of nitrogens with zero attached hydrogens (tertiary/aromatic N) is 2. The van der Waals surface area contributed by atoms with Crippen molar-refractivity contribution in [2.75, 3.05) is 0 Å². The smallest absolute Gasteiger partial charge is 0.111 e. The van der Waals surface area contributed by atoms with Crippen molar-refractivity contribution in [3.63, 3.8) is 0 Å². The van der Waals surface area contributed by atoms with E-state index < -0.39 is 0 Å². The second kappa shape index (κ2) is 6.18. The highest BCUT2D eigenvalue weighted by atomic mass is 127. The van der Waals surface area contributed by atoms with E-state index in [0.717, 1.165) is 5.84 Å². The van der Waals surface area contributed by atoms with Crippen LogP contribution >= 0.6 is 22.6 Å². The molecule has 0 aromatic carbocycles. The Morgan fingerprint density at radius 2 is 1.92 bits per heavy atom. The Bertz CT molecular complexity index is 207. The Hall–Kier alpha value is -0.320. The number of aliphatic imine (C=N–C) groups is 1. The zero-order valence-corrected chi connectivity index (χ0v) is 10.7. The molecular weight excluding hydrogens is 275 g/mol. The molecule has 0 N–H and O–H groups in total. The van der Waals surface area contributed by atoms with Crippen LogP contribution in [0.15, 0.2) is 30.6 Å². The molecule has 74 valence electrons.